The van der Waals surface area contributed by atoms with Crippen LogP contribution >= 0.6 is 0 Å². The second-order valence-corrected chi connectivity index (χ2v) is 3.02. The van der Waals surface area contributed by atoms with Gasteiger partial charge in [-0.1, -0.05) is 0 Å². The molecule has 0 unspecified atom stereocenters. The zero-order chi connectivity index (χ0) is 11.0. The Morgan fingerprint density at radius 2 is 2.27 bits per heavy atom. The van der Waals surface area contributed by atoms with E-state index in [-0.39, 0.29) is 0 Å². The van der Waals surface area contributed by atoms with Crippen molar-refractivity contribution in [2.75, 3.05) is 7.11 Å². The summed E-state index contributed by atoms with van der Waals surface area (Å²) in [5.41, 5.74) is 0.358. The molecule has 0 aliphatic carbocycles. The molecule has 0 fully saturated rings. The average Bonchev–Trinajstić information content (AvgIpc) is 2.61. The van der Waals surface area contributed by atoms with E-state index in [1.54, 1.807) is 6.07 Å². The Morgan fingerprint density at radius 3 is 2.93 bits per heavy atom. The van der Waals surface area contributed by atoms with Crippen LogP contribution < -0.4 is 0 Å². The van der Waals surface area contributed by atoms with Gasteiger partial charge in [-0.05, 0) is 12.1 Å². The normalized spacial score (nSPS) is 10.5. The Bertz CT molecular complexity index is 533. The Labute approximate surface area is 84.5 Å². The van der Waals surface area contributed by atoms with Crippen molar-refractivity contribution in [3.8, 4) is 5.75 Å². The Kier molecular flexibility index (Phi) is 2.07. The van der Waals surface area contributed by atoms with E-state index in [0.29, 0.717) is 10.9 Å². The van der Waals surface area contributed by atoms with Crippen LogP contribution in [-0.2, 0) is 4.74 Å². The van der Waals surface area contributed by atoms with E-state index < -0.39 is 17.7 Å². The van der Waals surface area contributed by atoms with Gasteiger partial charge in [-0.25, -0.2) is 9.18 Å². The summed E-state index contributed by atoms with van der Waals surface area (Å²) in [6, 6.07) is 3.93. The minimum atomic E-state index is -0.772. The molecule has 5 heteroatoms. The molecular formula is C10H8FNO3. The van der Waals surface area contributed by atoms with Gasteiger partial charge in [0.1, 0.15) is 0 Å². The lowest BCUT2D eigenvalue weighted by Crippen LogP contribution is -2.09. The standard InChI is InChI=1S/C10H8FNO3/c1-15-10(14)12-3-2-6-4-9(13)7(11)5-8(6)12/h2-5,13H,1H3. The van der Waals surface area contributed by atoms with Crippen LogP contribution in [0.2, 0.25) is 0 Å². The first-order valence-corrected chi connectivity index (χ1v) is 4.21. The quantitative estimate of drug-likeness (QED) is 0.722. The number of phenolic OH excluding ortho intramolecular Hbond substituents is 1. The van der Waals surface area contributed by atoms with Gasteiger partial charge in [-0.3, -0.25) is 4.57 Å². The number of rotatable bonds is 0. The van der Waals surface area contributed by atoms with Crippen LogP contribution in [0.15, 0.2) is 24.4 Å². The fraction of sp³-hybridized carbons (Fsp3) is 0.100. The van der Waals surface area contributed by atoms with E-state index in [9.17, 15) is 9.18 Å². The van der Waals surface area contributed by atoms with E-state index in [1.807, 2.05) is 0 Å². The molecule has 0 saturated carbocycles. The fourth-order valence-electron chi connectivity index (χ4n) is 1.40. The molecule has 1 aromatic heterocycles. The summed E-state index contributed by atoms with van der Waals surface area (Å²) in [6.07, 6.45) is 0.852. The van der Waals surface area contributed by atoms with Crippen molar-refractivity contribution >= 4 is 17.0 Å². The van der Waals surface area contributed by atoms with E-state index in [0.717, 1.165) is 10.6 Å². The highest BCUT2D eigenvalue weighted by Gasteiger charge is 2.11. The number of hydrogen-bond donors (Lipinski definition) is 1. The van der Waals surface area contributed by atoms with Gasteiger partial charge in [0.2, 0.25) is 0 Å². The van der Waals surface area contributed by atoms with Gasteiger partial charge in [0, 0.05) is 17.6 Å². The molecule has 0 atom stereocenters. The number of fused-ring (bicyclic) bond motifs is 1. The number of ether oxygens (including phenoxy) is 1. The number of carbonyl (C=O) groups excluding carboxylic acids is 1. The van der Waals surface area contributed by atoms with Crippen molar-refractivity contribution in [3.63, 3.8) is 0 Å². The maximum absolute atomic E-state index is 13.1. The van der Waals surface area contributed by atoms with Gasteiger partial charge >= 0.3 is 6.09 Å². The van der Waals surface area contributed by atoms with Crippen molar-refractivity contribution in [2.45, 2.75) is 0 Å². The molecule has 0 spiro atoms. The van der Waals surface area contributed by atoms with E-state index in [2.05, 4.69) is 4.74 Å². The van der Waals surface area contributed by atoms with Crippen LogP contribution in [0.3, 0.4) is 0 Å². The lowest BCUT2D eigenvalue weighted by atomic mass is 10.2. The minimum Gasteiger partial charge on any atom is -0.505 e. The maximum Gasteiger partial charge on any atom is 0.418 e. The number of phenols is 1. The molecule has 0 amide bonds. The second kappa shape index (κ2) is 3.27. The van der Waals surface area contributed by atoms with Crippen molar-refractivity contribution < 1.29 is 19.0 Å². The third kappa shape index (κ3) is 1.41. The number of carbonyl (C=O) groups is 1. The summed E-state index contributed by atoms with van der Waals surface area (Å²) < 4.78 is 18.7. The van der Waals surface area contributed by atoms with Crippen LogP contribution in [0, 0.1) is 5.82 Å². The van der Waals surface area contributed by atoms with Crippen LogP contribution in [-0.4, -0.2) is 22.9 Å². The maximum atomic E-state index is 13.1. The Hall–Kier alpha value is -2.04. The Morgan fingerprint density at radius 1 is 1.53 bits per heavy atom. The number of nitrogens with zero attached hydrogens (tertiary/aromatic N) is 1. The van der Waals surface area contributed by atoms with Crippen LogP contribution in [0.1, 0.15) is 0 Å². The van der Waals surface area contributed by atoms with Gasteiger partial charge in [0.25, 0.3) is 0 Å². The molecule has 0 aliphatic heterocycles. The second-order valence-electron chi connectivity index (χ2n) is 3.02. The van der Waals surface area contributed by atoms with Crippen molar-refractivity contribution in [2.24, 2.45) is 0 Å². The molecule has 2 rings (SSSR count). The highest BCUT2D eigenvalue weighted by molar-refractivity contribution is 5.90. The smallest absolute Gasteiger partial charge is 0.418 e. The van der Waals surface area contributed by atoms with Crippen LogP contribution in [0.25, 0.3) is 10.9 Å². The molecule has 1 aromatic carbocycles. The number of methoxy groups -OCH3 is 1. The van der Waals surface area contributed by atoms with E-state index >= 15 is 0 Å². The number of benzene rings is 1. The summed E-state index contributed by atoms with van der Waals surface area (Å²) in [7, 11) is 1.24. The lowest BCUT2D eigenvalue weighted by Gasteiger charge is -2.02. The van der Waals surface area contributed by atoms with Crippen LogP contribution in [0.5, 0.6) is 5.75 Å². The zero-order valence-electron chi connectivity index (χ0n) is 7.90. The number of halogens is 1. The summed E-state index contributed by atoms with van der Waals surface area (Å²) in [4.78, 5) is 11.2. The predicted molar refractivity (Wildman–Crippen MR) is 51.4 cm³/mol. The number of aromatic hydroxyl groups is 1. The van der Waals surface area contributed by atoms with E-state index in [4.69, 9.17) is 5.11 Å². The number of hydrogen-bond acceptors (Lipinski definition) is 3. The van der Waals surface area contributed by atoms with Gasteiger partial charge in [-0.2, -0.15) is 0 Å². The molecule has 1 N–H and O–H groups in total. The molecule has 15 heavy (non-hydrogen) atoms. The lowest BCUT2D eigenvalue weighted by molar-refractivity contribution is 0.174. The van der Waals surface area contributed by atoms with Crippen molar-refractivity contribution in [1.29, 1.82) is 0 Å². The fourth-order valence-corrected chi connectivity index (χ4v) is 1.40. The van der Waals surface area contributed by atoms with Crippen molar-refractivity contribution in [3.05, 3.63) is 30.2 Å². The minimum absolute atomic E-state index is 0.358. The zero-order valence-corrected chi connectivity index (χ0v) is 7.90. The monoisotopic (exact) mass is 209 g/mol. The Balaban J connectivity index is 2.69. The molecule has 1 heterocycles. The largest absolute Gasteiger partial charge is 0.505 e. The topological polar surface area (TPSA) is 51.5 Å². The average molecular weight is 209 g/mol. The molecule has 4 nitrogen and oxygen atoms in total. The molecule has 0 saturated heterocycles. The van der Waals surface area contributed by atoms with Gasteiger partial charge in [0.05, 0.1) is 12.6 Å². The predicted octanol–water partition coefficient (Wildman–Crippen LogP) is 2.10. The first-order valence-electron chi connectivity index (χ1n) is 4.21. The third-order valence-corrected chi connectivity index (χ3v) is 2.13. The molecule has 2 aromatic rings. The van der Waals surface area contributed by atoms with Crippen molar-refractivity contribution in [1.82, 2.24) is 4.57 Å². The van der Waals surface area contributed by atoms with Gasteiger partial charge in [-0.15, -0.1) is 0 Å². The molecule has 0 radical (unpaired) electrons. The van der Waals surface area contributed by atoms with E-state index in [1.165, 1.54) is 19.4 Å². The molecule has 0 aliphatic rings. The SMILES string of the molecule is COC(=O)n1ccc2cc(O)c(F)cc21. The van der Waals surface area contributed by atoms with Gasteiger partial charge < -0.3 is 9.84 Å². The molecule has 0 bridgehead atoms. The summed E-state index contributed by atoms with van der Waals surface area (Å²) >= 11 is 0. The number of aromatic nitrogens is 1. The third-order valence-electron chi connectivity index (χ3n) is 2.13. The van der Waals surface area contributed by atoms with Crippen LogP contribution in [0.4, 0.5) is 9.18 Å². The molecule has 78 valence electrons. The van der Waals surface area contributed by atoms with Gasteiger partial charge in [0.15, 0.2) is 11.6 Å². The first kappa shape index (κ1) is 9.51. The first-order chi connectivity index (χ1) is 7.13. The highest BCUT2D eigenvalue weighted by Crippen LogP contribution is 2.24. The molecular weight excluding hydrogens is 201 g/mol. The highest BCUT2D eigenvalue weighted by atomic mass is 19.1. The summed E-state index contributed by atoms with van der Waals surface area (Å²) in [5, 5.41) is 9.69. The summed E-state index contributed by atoms with van der Waals surface area (Å²) in [5.74, 6) is -1.21. The summed E-state index contributed by atoms with van der Waals surface area (Å²) in [6.45, 7) is 0.